The highest BCUT2D eigenvalue weighted by molar-refractivity contribution is 9.10. The molecule has 2 rings (SSSR count). The fourth-order valence-corrected chi connectivity index (χ4v) is 1.59. The van der Waals surface area contributed by atoms with Gasteiger partial charge in [-0.1, -0.05) is 0 Å². The molecule has 82 valence electrons. The Morgan fingerprint density at radius 2 is 2.19 bits per heavy atom. The van der Waals surface area contributed by atoms with Gasteiger partial charge in [0.15, 0.2) is 0 Å². The van der Waals surface area contributed by atoms with E-state index in [1.807, 2.05) is 0 Å². The van der Waals surface area contributed by atoms with Gasteiger partial charge in [0.25, 0.3) is 5.69 Å². The van der Waals surface area contributed by atoms with Gasteiger partial charge in [-0.25, -0.2) is 0 Å². The van der Waals surface area contributed by atoms with Gasteiger partial charge in [-0.2, -0.15) is 0 Å². The predicted octanol–water partition coefficient (Wildman–Crippen LogP) is 2.72. The van der Waals surface area contributed by atoms with Crippen molar-refractivity contribution < 1.29 is 9.34 Å². The van der Waals surface area contributed by atoms with Crippen molar-refractivity contribution in [3.8, 4) is 11.5 Å². The zero-order valence-corrected chi connectivity index (χ0v) is 9.76. The Morgan fingerprint density at radius 3 is 2.75 bits per heavy atom. The molecular weight excluding hydrogens is 278 g/mol. The van der Waals surface area contributed by atoms with E-state index >= 15 is 0 Å². The van der Waals surface area contributed by atoms with Crippen LogP contribution in [0.15, 0.2) is 27.1 Å². The minimum atomic E-state index is -0.475. The van der Waals surface area contributed by atoms with E-state index in [1.165, 1.54) is 6.07 Å². The highest BCUT2D eigenvalue weighted by Gasteiger charge is 2.15. The van der Waals surface area contributed by atoms with Crippen molar-refractivity contribution in [3.05, 3.63) is 38.7 Å². The van der Waals surface area contributed by atoms with Crippen molar-refractivity contribution in [1.29, 1.82) is 0 Å². The van der Waals surface area contributed by atoms with Gasteiger partial charge in [0.1, 0.15) is 0 Å². The van der Waals surface area contributed by atoms with Gasteiger partial charge in [-0.15, -0.1) is 10.2 Å². The Morgan fingerprint density at radius 1 is 1.44 bits per heavy atom. The molecule has 0 fully saturated rings. The monoisotopic (exact) mass is 283 g/mol. The summed E-state index contributed by atoms with van der Waals surface area (Å²) in [4.78, 5) is 10.2. The number of nitro benzene ring substituents is 1. The summed E-state index contributed by atoms with van der Waals surface area (Å²) in [5.41, 5.74) is 0.490. The summed E-state index contributed by atoms with van der Waals surface area (Å²) in [6.07, 6.45) is 0. The molecule has 6 nitrogen and oxygen atoms in total. The summed E-state index contributed by atoms with van der Waals surface area (Å²) in [6, 6.07) is 4.63. The first-order valence-corrected chi connectivity index (χ1v) is 5.11. The number of aryl methyl sites for hydroxylation is 1. The number of rotatable bonds is 2. The molecule has 0 atom stereocenters. The summed E-state index contributed by atoms with van der Waals surface area (Å²) < 4.78 is 5.60. The van der Waals surface area contributed by atoms with Crippen LogP contribution in [0.2, 0.25) is 0 Å². The fraction of sp³-hybridized carbons (Fsp3) is 0.111. The van der Waals surface area contributed by atoms with E-state index in [-0.39, 0.29) is 11.6 Å². The highest BCUT2D eigenvalue weighted by Crippen LogP contribution is 2.29. The first-order chi connectivity index (χ1) is 7.58. The lowest BCUT2D eigenvalue weighted by Gasteiger charge is -1.97. The molecule has 0 aliphatic heterocycles. The molecule has 0 N–H and O–H groups in total. The topological polar surface area (TPSA) is 82.1 Å². The van der Waals surface area contributed by atoms with Crippen molar-refractivity contribution in [2.75, 3.05) is 0 Å². The van der Waals surface area contributed by atoms with Crippen LogP contribution in [0, 0.1) is 17.0 Å². The van der Waals surface area contributed by atoms with E-state index in [0.717, 1.165) is 0 Å². The number of hydrogen-bond acceptors (Lipinski definition) is 5. The molecule has 0 radical (unpaired) electrons. The lowest BCUT2D eigenvalue weighted by Crippen LogP contribution is -1.90. The molecule has 0 bridgehead atoms. The molecule has 0 unspecified atom stereocenters. The fourth-order valence-electron chi connectivity index (χ4n) is 1.20. The van der Waals surface area contributed by atoms with Crippen molar-refractivity contribution in [2.45, 2.75) is 6.92 Å². The van der Waals surface area contributed by atoms with Crippen LogP contribution in [0.25, 0.3) is 11.5 Å². The van der Waals surface area contributed by atoms with Crippen molar-refractivity contribution >= 4 is 21.6 Å². The predicted molar refractivity (Wildman–Crippen MR) is 58.8 cm³/mol. The van der Waals surface area contributed by atoms with Crippen molar-refractivity contribution in [3.63, 3.8) is 0 Å². The molecular formula is C9H6BrN3O3. The standard InChI is InChI=1S/C9H6BrN3O3/c1-5-11-12-9(16-5)6-2-3-7(10)8(4-6)13(14)15/h2-4H,1H3. The third-order valence-corrected chi connectivity index (χ3v) is 2.59. The largest absolute Gasteiger partial charge is 0.421 e. The number of nitrogens with zero attached hydrogens (tertiary/aromatic N) is 3. The first kappa shape index (κ1) is 10.7. The Labute approximate surface area is 98.6 Å². The van der Waals surface area contributed by atoms with Gasteiger partial charge in [-0.3, -0.25) is 10.1 Å². The molecule has 1 aromatic heterocycles. The maximum Gasteiger partial charge on any atom is 0.284 e. The third-order valence-electron chi connectivity index (χ3n) is 1.92. The van der Waals surface area contributed by atoms with Crippen LogP contribution in [-0.4, -0.2) is 15.1 Å². The molecule has 0 aliphatic rings. The summed E-state index contributed by atoms with van der Waals surface area (Å²) in [5, 5.41) is 18.2. The minimum absolute atomic E-state index is 0.0339. The molecule has 1 aromatic carbocycles. The van der Waals surface area contributed by atoms with E-state index in [4.69, 9.17) is 4.42 Å². The Balaban J connectivity index is 2.51. The number of hydrogen-bond donors (Lipinski definition) is 0. The second-order valence-electron chi connectivity index (χ2n) is 3.05. The number of benzene rings is 1. The first-order valence-electron chi connectivity index (χ1n) is 4.32. The van der Waals surface area contributed by atoms with Crippen molar-refractivity contribution in [2.24, 2.45) is 0 Å². The highest BCUT2D eigenvalue weighted by atomic mass is 79.9. The quantitative estimate of drug-likeness (QED) is 0.625. The normalized spacial score (nSPS) is 10.4. The molecule has 2 aromatic rings. The smallest absolute Gasteiger partial charge is 0.284 e. The van der Waals surface area contributed by atoms with Gasteiger partial charge < -0.3 is 4.42 Å². The number of aromatic nitrogens is 2. The molecule has 16 heavy (non-hydrogen) atoms. The van der Waals surface area contributed by atoms with Crippen LogP contribution in [0.4, 0.5) is 5.69 Å². The van der Waals surface area contributed by atoms with E-state index < -0.39 is 4.92 Å². The average Bonchev–Trinajstić information content (AvgIpc) is 2.65. The Kier molecular flexibility index (Phi) is 2.69. The maximum absolute atomic E-state index is 10.7. The number of nitro groups is 1. The molecule has 7 heteroatoms. The van der Waals surface area contributed by atoms with Gasteiger partial charge >= 0.3 is 0 Å². The summed E-state index contributed by atoms with van der Waals surface area (Å²) in [7, 11) is 0. The molecule has 0 amide bonds. The molecule has 0 aliphatic carbocycles. The van der Waals surface area contributed by atoms with Crippen LogP contribution < -0.4 is 0 Å². The van der Waals surface area contributed by atoms with E-state index in [1.54, 1.807) is 19.1 Å². The van der Waals surface area contributed by atoms with Crippen LogP contribution in [0.5, 0.6) is 0 Å². The van der Waals surface area contributed by atoms with E-state index in [0.29, 0.717) is 15.9 Å². The average molecular weight is 284 g/mol. The molecule has 0 saturated heterocycles. The zero-order valence-electron chi connectivity index (χ0n) is 8.18. The van der Waals surface area contributed by atoms with E-state index in [9.17, 15) is 10.1 Å². The van der Waals surface area contributed by atoms with Crippen LogP contribution in [0.3, 0.4) is 0 Å². The van der Waals surface area contributed by atoms with Gasteiger partial charge in [-0.05, 0) is 28.1 Å². The minimum Gasteiger partial charge on any atom is -0.421 e. The lowest BCUT2D eigenvalue weighted by atomic mass is 10.2. The molecule has 0 saturated carbocycles. The maximum atomic E-state index is 10.7. The Hall–Kier alpha value is -1.76. The van der Waals surface area contributed by atoms with Crippen LogP contribution in [-0.2, 0) is 0 Å². The van der Waals surface area contributed by atoms with Crippen molar-refractivity contribution in [1.82, 2.24) is 10.2 Å². The van der Waals surface area contributed by atoms with Gasteiger partial charge in [0.05, 0.1) is 9.40 Å². The Bertz CT molecular complexity index is 553. The molecule has 0 spiro atoms. The summed E-state index contributed by atoms with van der Waals surface area (Å²) in [5.74, 6) is 0.689. The van der Waals surface area contributed by atoms with Gasteiger partial charge in [0, 0.05) is 18.6 Å². The van der Waals surface area contributed by atoms with Gasteiger partial charge in [0.2, 0.25) is 11.8 Å². The summed E-state index contributed by atoms with van der Waals surface area (Å²) >= 11 is 3.10. The third kappa shape index (κ3) is 1.94. The molecule has 1 heterocycles. The second kappa shape index (κ2) is 4.01. The summed E-state index contributed by atoms with van der Waals surface area (Å²) in [6.45, 7) is 1.66. The second-order valence-corrected chi connectivity index (χ2v) is 3.90. The van der Waals surface area contributed by atoms with Crippen LogP contribution in [0.1, 0.15) is 5.89 Å². The van der Waals surface area contributed by atoms with E-state index in [2.05, 4.69) is 26.1 Å². The SMILES string of the molecule is Cc1nnc(-c2ccc(Br)c([N+](=O)[O-])c2)o1. The lowest BCUT2D eigenvalue weighted by molar-refractivity contribution is -0.385. The van der Waals surface area contributed by atoms with Crippen LogP contribution >= 0.6 is 15.9 Å². The zero-order chi connectivity index (χ0) is 11.7. The number of halogens is 1.